The molecule has 11 heteroatoms. The molecule has 43 heavy (non-hydrogen) atoms. The first kappa shape index (κ1) is 33.0. The molecule has 1 aliphatic heterocycles. The second kappa shape index (κ2) is 15.2. The van der Waals surface area contributed by atoms with Crippen molar-refractivity contribution < 1.29 is 47.4 Å². The van der Waals surface area contributed by atoms with E-state index in [0.717, 1.165) is 16.7 Å². The summed E-state index contributed by atoms with van der Waals surface area (Å²) in [6.07, 6.45) is -5.89. The third-order valence-corrected chi connectivity index (χ3v) is 7.13. The van der Waals surface area contributed by atoms with Gasteiger partial charge in [0, 0.05) is 0 Å². The van der Waals surface area contributed by atoms with Crippen LogP contribution in [0.5, 0.6) is 0 Å². The summed E-state index contributed by atoms with van der Waals surface area (Å²) in [6, 6.07) is 28.4. The molecule has 3 aromatic carbocycles. The molecule has 4 rings (SSSR count). The van der Waals surface area contributed by atoms with Gasteiger partial charge >= 0.3 is 13.8 Å². The number of carbonyl (C=O) groups excluding carboxylic acids is 1. The van der Waals surface area contributed by atoms with Gasteiger partial charge in [0.25, 0.3) is 0 Å². The van der Waals surface area contributed by atoms with Crippen LogP contribution in [0, 0.1) is 5.41 Å². The Bertz CT molecular complexity index is 1310. The first-order chi connectivity index (χ1) is 20.5. The molecule has 3 aromatic rings. The van der Waals surface area contributed by atoms with E-state index in [1.54, 1.807) is 20.8 Å². The van der Waals surface area contributed by atoms with E-state index >= 15 is 0 Å². The topological polar surface area (TPSA) is 130 Å². The molecule has 0 amide bonds. The zero-order valence-corrected chi connectivity index (χ0v) is 25.4. The van der Waals surface area contributed by atoms with Crippen LogP contribution >= 0.6 is 7.82 Å². The zero-order valence-electron chi connectivity index (χ0n) is 24.5. The highest BCUT2D eigenvalue weighted by atomic mass is 31.2. The maximum Gasteiger partial charge on any atom is 0.472 e. The summed E-state index contributed by atoms with van der Waals surface area (Å²) >= 11 is 0. The summed E-state index contributed by atoms with van der Waals surface area (Å²) in [5.74, 6) is -0.630. The molecule has 0 radical (unpaired) electrons. The molecule has 0 aromatic heterocycles. The fourth-order valence-electron chi connectivity index (χ4n) is 4.45. The van der Waals surface area contributed by atoms with E-state index < -0.39 is 49.9 Å². The van der Waals surface area contributed by atoms with E-state index in [0.29, 0.717) is 0 Å². The fraction of sp³-hybridized carbons (Fsp3) is 0.406. The lowest BCUT2D eigenvalue weighted by Gasteiger charge is -2.45. The Balaban J connectivity index is 1.67. The summed E-state index contributed by atoms with van der Waals surface area (Å²) in [5, 5.41) is 0. The number of hydrogen-bond donors (Lipinski definition) is 2. The lowest BCUT2D eigenvalue weighted by molar-refractivity contribution is -0.306. The average molecular weight is 615 g/mol. The van der Waals surface area contributed by atoms with Crippen LogP contribution < -0.4 is 0 Å². The minimum Gasteiger partial charge on any atom is -0.454 e. The molecule has 0 bridgehead atoms. The Morgan fingerprint density at radius 2 is 1.21 bits per heavy atom. The first-order valence-corrected chi connectivity index (χ1v) is 15.6. The van der Waals surface area contributed by atoms with Crippen molar-refractivity contribution in [1.29, 1.82) is 0 Å². The Kier molecular flexibility index (Phi) is 11.7. The number of rotatable bonds is 13. The number of esters is 1. The number of hydrogen-bond acceptors (Lipinski definition) is 8. The predicted octanol–water partition coefficient (Wildman–Crippen LogP) is 5.17. The SMILES string of the molecule is CC(C)(C)C(=O)O[C@H]1[C@H](OP(=O)(O)O)O[C@H](COCc2ccccc2)[C@@H](OCc2ccccc2)[C@@H]1OCc1ccccc1. The van der Waals surface area contributed by atoms with Gasteiger partial charge in [-0.25, -0.2) is 4.57 Å². The van der Waals surface area contributed by atoms with Crippen LogP contribution in [0.4, 0.5) is 0 Å². The Hall–Kier alpha value is -2.92. The molecular formula is C32H39O10P. The summed E-state index contributed by atoms with van der Waals surface area (Å²) in [7, 11) is -5.10. The second-order valence-electron chi connectivity index (χ2n) is 11.3. The van der Waals surface area contributed by atoms with Crippen molar-refractivity contribution in [2.75, 3.05) is 6.61 Å². The van der Waals surface area contributed by atoms with Gasteiger partial charge in [-0.3, -0.25) is 9.32 Å². The minimum absolute atomic E-state index is 0.0273. The highest BCUT2D eigenvalue weighted by Crippen LogP contribution is 2.43. The molecule has 0 aliphatic carbocycles. The van der Waals surface area contributed by atoms with E-state index in [1.807, 2.05) is 91.0 Å². The Morgan fingerprint density at radius 3 is 1.67 bits per heavy atom. The third kappa shape index (κ3) is 10.3. The Morgan fingerprint density at radius 1 is 0.744 bits per heavy atom. The van der Waals surface area contributed by atoms with Crippen LogP contribution in [-0.4, -0.2) is 53.1 Å². The van der Waals surface area contributed by atoms with Gasteiger partial charge in [-0.15, -0.1) is 0 Å². The fourth-order valence-corrected chi connectivity index (χ4v) is 4.89. The zero-order chi connectivity index (χ0) is 30.9. The lowest BCUT2D eigenvalue weighted by Crippen LogP contribution is -2.62. The van der Waals surface area contributed by atoms with Crippen LogP contribution in [0.15, 0.2) is 91.0 Å². The summed E-state index contributed by atoms with van der Waals surface area (Å²) in [4.78, 5) is 32.7. The average Bonchev–Trinajstić information content (AvgIpc) is 2.97. The van der Waals surface area contributed by atoms with E-state index in [4.69, 9.17) is 28.2 Å². The smallest absolute Gasteiger partial charge is 0.454 e. The molecule has 1 aliphatic rings. The van der Waals surface area contributed by atoms with Gasteiger partial charge < -0.3 is 33.5 Å². The van der Waals surface area contributed by atoms with Crippen LogP contribution in [0.1, 0.15) is 37.5 Å². The van der Waals surface area contributed by atoms with Gasteiger partial charge in [-0.1, -0.05) is 91.0 Å². The maximum atomic E-state index is 13.1. The number of ether oxygens (including phenoxy) is 5. The summed E-state index contributed by atoms with van der Waals surface area (Å²) in [5.41, 5.74) is 1.70. The third-order valence-electron chi connectivity index (χ3n) is 6.65. The molecule has 0 unspecified atom stereocenters. The summed E-state index contributed by atoms with van der Waals surface area (Å²) < 4.78 is 47.8. The van der Waals surface area contributed by atoms with Gasteiger partial charge in [0.15, 0.2) is 6.10 Å². The van der Waals surface area contributed by atoms with Gasteiger partial charge in [-0.2, -0.15) is 0 Å². The molecule has 10 nitrogen and oxygen atoms in total. The molecule has 5 atom stereocenters. The molecule has 0 spiro atoms. The molecule has 0 saturated carbocycles. The molecule has 232 valence electrons. The van der Waals surface area contributed by atoms with Gasteiger partial charge in [0.2, 0.25) is 6.29 Å². The number of phosphoric ester groups is 1. The lowest BCUT2D eigenvalue weighted by atomic mass is 9.95. The Labute approximate surface area is 252 Å². The van der Waals surface area contributed by atoms with E-state index in [9.17, 15) is 19.1 Å². The number of benzene rings is 3. The van der Waals surface area contributed by atoms with Crippen molar-refractivity contribution in [3.63, 3.8) is 0 Å². The predicted molar refractivity (Wildman–Crippen MR) is 157 cm³/mol. The van der Waals surface area contributed by atoms with Crippen molar-refractivity contribution in [2.24, 2.45) is 5.41 Å². The molecule has 1 fully saturated rings. The second-order valence-corrected chi connectivity index (χ2v) is 12.5. The van der Waals surface area contributed by atoms with Crippen molar-refractivity contribution in [3.05, 3.63) is 108 Å². The molecular weight excluding hydrogens is 575 g/mol. The van der Waals surface area contributed by atoms with Gasteiger partial charge in [-0.05, 0) is 37.5 Å². The minimum atomic E-state index is -5.10. The largest absolute Gasteiger partial charge is 0.472 e. The van der Waals surface area contributed by atoms with Gasteiger partial charge in [0.05, 0.1) is 31.8 Å². The van der Waals surface area contributed by atoms with Crippen molar-refractivity contribution >= 4 is 13.8 Å². The first-order valence-electron chi connectivity index (χ1n) is 14.0. The highest BCUT2D eigenvalue weighted by molar-refractivity contribution is 7.46. The highest BCUT2D eigenvalue weighted by Gasteiger charge is 2.52. The van der Waals surface area contributed by atoms with Crippen LogP contribution in [0.3, 0.4) is 0 Å². The van der Waals surface area contributed by atoms with E-state index in [-0.39, 0.29) is 26.4 Å². The van der Waals surface area contributed by atoms with Crippen LogP contribution in [0.25, 0.3) is 0 Å². The number of phosphoric acid groups is 1. The maximum absolute atomic E-state index is 13.1. The van der Waals surface area contributed by atoms with Crippen LogP contribution in [-0.2, 0) is 57.4 Å². The van der Waals surface area contributed by atoms with Crippen molar-refractivity contribution in [2.45, 2.75) is 71.3 Å². The standard InChI is InChI=1S/C32H39O10P/c1-32(2,3)31(33)41-29-28(39-21-25-17-11-6-12-18-25)27(38-20-24-15-9-5-10-16-24)26(40-30(29)42-43(34,35)36)22-37-19-23-13-7-4-8-14-23/h4-18,26-30H,19-22H2,1-3H3,(H2,34,35,36)/t26-,27-,28+,29-,30+/m1/s1. The normalized spacial score (nSPS) is 22.7. The van der Waals surface area contributed by atoms with Crippen LogP contribution in [0.2, 0.25) is 0 Å². The monoisotopic (exact) mass is 614 g/mol. The van der Waals surface area contributed by atoms with Crippen molar-refractivity contribution in [3.8, 4) is 0 Å². The quantitative estimate of drug-likeness (QED) is 0.197. The van der Waals surface area contributed by atoms with E-state index in [2.05, 4.69) is 0 Å². The van der Waals surface area contributed by atoms with E-state index in [1.165, 1.54) is 0 Å². The molecule has 2 N–H and O–H groups in total. The summed E-state index contributed by atoms with van der Waals surface area (Å²) in [6.45, 7) is 5.50. The van der Waals surface area contributed by atoms with Crippen molar-refractivity contribution in [1.82, 2.24) is 0 Å². The molecule has 1 heterocycles. The molecule has 1 saturated heterocycles. The number of carbonyl (C=O) groups is 1. The van der Waals surface area contributed by atoms with Gasteiger partial charge in [0.1, 0.15) is 18.3 Å².